The van der Waals surface area contributed by atoms with Crippen molar-refractivity contribution in [2.24, 2.45) is 0 Å². The third kappa shape index (κ3) is 3.47. The molecular weight excluding hydrogens is 292 g/mol. The molecule has 0 aliphatic rings. The van der Waals surface area contributed by atoms with Crippen molar-refractivity contribution in [2.75, 3.05) is 24.2 Å². The van der Waals surface area contributed by atoms with Gasteiger partial charge in [0.15, 0.2) is 0 Å². The van der Waals surface area contributed by atoms with Crippen molar-refractivity contribution < 1.29 is 9.90 Å². The summed E-state index contributed by atoms with van der Waals surface area (Å²) < 4.78 is 2.06. The Balaban J connectivity index is 2.31. The molecule has 6 nitrogen and oxygen atoms in total. The van der Waals surface area contributed by atoms with E-state index >= 15 is 0 Å². The summed E-state index contributed by atoms with van der Waals surface area (Å²) in [6, 6.07) is 4.87. The van der Waals surface area contributed by atoms with Crippen LogP contribution in [-0.4, -0.2) is 34.2 Å². The highest BCUT2D eigenvalue weighted by Gasteiger charge is 2.27. The van der Waals surface area contributed by atoms with Gasteiger partial charge in [0.2, 0.25) is 0 Å². The molecule has 3 N–H and O–H groups in total. The van der Waals surface area contributed by atoms with Crippen molar-refractivity contribution in [2.45, 2.75) is 32.7 Å². The summed E-state index contributed by atoms with van der Waals surface area (Å²) in [6.07, 6.45) is 3.63. The Kier molecular flexibility index (Phi) is 4.63. The molecule has 0 atom stereocenters. The molecule has 2 aromatic rings. The fourth-order valence-corrected chi connectivity index (χ4v) is 2.91. The molecule has 124 valence electrons. The number of hydrogen-bond acceptors (Lipinski definition) is 4. The van der Waals surface area contributed by atoms with Crippen molar-refractivity contribution in [1.82, 2.24) is 9.55 Å². The van der Waals surface area contributed by atoms with Crippen LogP contribution in [0.4, 0.5) is 11.5 Å². The van der Waals surface area contributed by atoms with Crippen LogP contribution >= 0.6 is 0 Å². The van der Waals surface area contributed by atoms with E-state index in [0.29, 0.717) is 12.2 Å². The highest BCUT2D eigenvalue weighted by Crippen LogP contribution is 2.31. The first-order valence-corrected chi connectivity index (χ1v) is 7.61. The van der Waals surface area contributed by atoms with E-state index in [-0.39, 0.29) is 11.0 Å². The van der Waals surface area contributed by atoms with E-state index in [1.165, 1.54) is 6.07 Å². The van der Waals surface area contributed by atoms with E-state index in [9.17, 15) is 9.90 Å². The van der Waals surface area contributed by atoms with Crippen LogP contribution in [0.2, 0.25) is 0 Å². The standard InChI is InChI=1S/C17H24N4O2/c1-5-21-11-19-9-15(21)20(4)10-17(2,3)13-8-12(16(22)23)6-7-14(13)18/h6-9,11H,5,10,18H2,1-4H3,(H,22,23). The first-order chi connectivity index (χ1) is 10.8. The van der Waals surface area contributed by atoms with Gasteiger partial charge in [-0.05, 0) is 30.7 Å². The Bertz CT molecular complexity index is 706. The molecule has 0 amide bonds. The van der Waals surface area contributed by atoms with Gasteiger partial charge < -0.3 is 20.3 Å². The van der Waals surface area contributed by atoms with Gasteiger partial charge in [-0.3, -0.25) is 0 Å². The zero-order valence-electron chi connectivity index (χ0n) is 14.1. The minimum absolute atomic E-state index is 0.253. The summed E-state index contributed by atoms with van der Waals surface area (Å²) in [7, 11) is 2.00. The van der Waals surface area contributed by atoms with Crippen molar-refractivity contribution >= 4 is 17.5 Å². The summed E-state index contributed by atoms with van der Waals surface area (Å²) >= 11 is 0. The molecule has 6 heteroatoms. The van der Waals surface area contributed by atoms with Gasteiger partial charge in [-0.25, -0.2) is 9.78 Å². The second kappa shape index (κ2) is 6.32. The molecular formula is C17H24N4O2. The monoisotopic (exact) mass is 316 g/mol. The molecule has 0 spiro atoms. The van der Waals surface area contributed by atoms with Gasteiger partial charge in [-0.15, -0.1) is 0 Å². The van der Waals surface area contributed by atoms with Gasteiger partial charge >= 0.3 is 5.97 Å². The number of carbonyl (C=O) groups is 1. The van der Waals surface area contributed by atoms with Crippen molar-refractivity contribution in [3.8, 4) is 0 Å². The number of hydrogen-bond donors (Lipinski definition) is 2. The van der Waals surface area contributed by atoms with Crippen molar-refractivity contribution in [3.05, 3.63) is 41.9 Å². The molecule has 0 bridgehead atoms. The number of nitrogens with two attached hydrogens (primary N) is 1. The predicted octanol–water partition coefficient (Wildman–Crippen LogP) is 2.60. The lowest BCUT2D eigenvalue weighted by atomic mass is 9.82. The van der Waals surface area contributed by atoms with E-state index < -0.39 is 5.97 Å². The molecule has 1 aromatic heterocycles. The second-order valence-electron chi connectivity index (χ2n) is 6.38. The Labute approximate surface area is 136 Å². The molecule has 1 heterocycles. The highest BCUT2D eigenvalue weighted by molar-refractivity contribution is 5.88. The maximum Gasteiger partial charge on any atom is 0.335 e. The second-order valence-corrected chi connectivity index (χ2v) is 6.38. The number of anilines is 2. The summed E-state index contributed by atoms with van der Waals surface area (Å²) in [4.78, 5) is 17.5. The minimum Gasteiger partial charge on any atom is -0.478 e. The molecule has 23 heavy (non-hydrogen) atoms. The molecule has 2 rings (SSSR count). The number of carboxylic acids is 1. The lowest BCUT2D eigenvalue weighted by Crippen LogP contribution is -2.36. The number of nitrogens with zero attached hydrogens (tertiary/aromatic N) is 3. The third-order valence-corrected chi connectivity index (χ3v) is 4.08. The quantitative estimate of drug-likeness (QED) is 0.800. The summed E-state index contributed by atoms with van der Waals surface area (Å²) in [5.41, 5.74) is 7.49. The van der Waals surface area contributed by atoms with E-state index in [4.69, 9.17) is 5.73 Å². The van der Waals surface area contributed by atoms with Crippen LogP contribution in [0.3, 0.4) is 0 Å². The molecule has 0 saturated carbocycles. The zero-order valence-corrected chi connectivity index (χ0v) is 14.1. The van der Waals surface area contributed by atoms with Gasteiger partial charge in [0.05, 0.1) is 18.1 Å². The lowest BCUT2D eigenvalue weighted by molar-refractivity contribution is 0.0696. The normalized spacial score (nSPS) is 11.5. The van der Waals surface area contributed by atoms with Gasteiger partial charge in [-0.2, -0.15) is 0 Å². The van der Waals surface area contributed by atoms with Crippen LogP contribution in [0, 0.1) is 0 Å². The minimum atomic E-state index is -0.945. The van der Waals surface area contributed by atoms with Gasteiger partial charge in [0, 0.05) is 31.2 Å². The number of nitrogen functional groups attached to an aromatic ring is 1. The Morgan fingerprint density at radius 1 is 1.43 bits per heavy atom. The first kappa shape index (κ1) is 16.9. The Morgan fingerprint density at radius 3 is 2.74 bits per heavy atom. The fourth-order valence-electron chi connectivity index (χ4n) is 2.91. The molecule has 1 aromatic carbocycles. The third-order valence-electron chi connectivity index (χ3n) is 4.08. The van der Waals surface area contributed by atoms with E-state index in [1.54, 1.807) is 18.5 Å². The Morgan fingerprint density at radius 2 is 2.13 bits per heavy atom. The predicted molar refractivity (Wildman–Crippen MR) is 92.0 cm³/mol. The van der Waals surface area contributed by atoms with Gasteiger partial charge in [0.25, 0.3) is 0 Å². The summed E-state index contributed by atoms with van der Waals surface area (Å²) in [5.74, 6) is 0.0769. The van der Waals surface area contributed by atoms with E-state index in [0.717, 1.165) is 17.9 Å². The molecule has 0 aliphatic carbocycles. The van der Waals surface area contributed by atoms with E-state index in [2.05, 4.69) is 35.2 Å². The maximum absolute atomic E-state index is 11.2. The van der Waals surface area contributed by atoms with Crippen LogP contribution in [0.1, 0.15) is 36.7 Å². The number of rotatable bonds is 6. The molecule has 0 fully saturated rings. The number of benzene rings is 1. The molecule has 0 unspecified atom stereocenters. The fraction of sp³-hybridized carbons (Fsp3) is 0.412. The topological polar surface area (TPSA) is 84.4 Å². The molecule has 0 aliphatic heterocycles. The highest BCUT2D eigenvalue weighted by atomic mass is 16.4. The average Bonchev–Trinajstić information content (AvgIpc) is 2.95. The maximum atomic E-state index is 11.2. The van der Waals surface area contributed by atoms with Crippen molar-refractivity contribution in [1.29, 1.82) is 0 Å². The Hall–Kier alpha value is -2.50. The SMILES string of the molecule is CCn1cncc1N(C)CC(C)(C)c1cc(C(=O)O)ccc1N. The number of carboxylic acid groups (broad SMARTS) is 1. The number of aromatic carboxylic acids is 1. The van der Waals surface area contributed by atoms with Crippen molar-refractivity contribution in [3.63, 3.8) is 0 Å². The summed E-state index contributed by atoms with van der Waals surface area (Å²) in [6.45, 7) is 7.72. The number of imidazole rings is 1. The number of aromatic nitrogens is 2. The average molecular weight is 316 g/mol. The van der Waals surface area contributed by atoms with Crippen LogP contribution in [0.5, 0.6) is 0 Å². The van der Waals surface area contributed by atoms with Crippen LogP contribution < -0.4 is 10.6 Å². The molecule has 0 radical (unpaired) electrons. The van der Waals surface area contributed by atoms with Crippen LogP contribution in [-0.2, 0) is 12.0 Å². The smallest absolute Gasteiger partial charge is 0.335 e. The lowest BCUT2D eigenvalue weighted by Gasteiger charge is -2.33. The van der Waals surface area contributed by atoms with Gasteiger partial charge in [0.1, 0.15) is 5.82 Å². The van der Waals surface area contributed by atoms with E-state index in [1.807, 2.05) is 13.2 Å². The molecule has 0 saturated heterocycles. The largest absolute Gasteiger partial charge is 0.478 e. The number of aryl methyl sites for hydroxylation is 1. The number of likely N-dealkylation sites (N-methyl/N-ethyl adjacent to an activating group) is 1. The first-order valence-electron chi connectivity index (χ1n) is 7.61. The summed E-state index contributed by atoms with van der Waals surface area (Å²) in [5, 5.41) is 9.20. The van der Waals surface area contributed by atoms with Gasteiger partial charge in [-0.1, -0.05) is 13.8 Å². The van der Waals surface area contributed by atoms with Crippen LogP contribution in [0.25, 0.3) is 0 Å². The van der Waals surface area contributed by atoms with Crippen LogP contribution in [0.15, 0.2) is 30.7 Å². The zero-order chi connectivity index (χ0) is 17.2.